The van der Waals surface area contributed by atoms with E-state index in [1.54, 1.807) is 24.3 Å². The maximum atomic E-state index is 12.7. The molecule has 0 aliphatic rings. The quantitative estimate of drug-likeness (QED) is 0.658. The van der Waals surface area contributed by atoms with E-state index in [1.165, 1.54) is 0 Å². The van der Waals surface area contributed by atoms with E-state index in [1.807, 2.05) is 26.0 Å². The molecular weight excluding hydrogens is 378 g/mol. The fraction of sp³-hybridized carbons (Fsp3) is 0.500. The zero-order valence-electron chi connectivity index (χ0n) is 17.3. The highest BCUT2D eigenvalue weighted by Gasteiger charge is 2.40. The van der Waals surface area contributed by atoms with Gasteiger partial charge < -0.3 is 8.84 Å². The second-order valence-corrected chi connectivity index (χ2v) is 15.0. The first-order chi connectivity index (χ1) is 12.3. The molecular formula is C20H31NO4SSi. The molecule has 1 aromatic carbocycles. The topological polar surface area (TPSA) is 68.5 Å². The monoisotopic (exact) mass is 409 g/mol. The molecule has 0 bridgehead atoms. The van der Waals surface area contributed by atoms with Crippen LogP contribution in [-0.4, -0.2) is 23.3 Å². The molecule has 0 spiro atoms. The zero-order valence-corrected chi connectivity index (χ0v) is 19.1. The highest BCUT2D eigenvalue weighted by Crippen LogP contribution is 2.39. The molecule has 1 N–H and O–H groups in total. The van der Waals surface area contributed by atoms with E-state index < -0.39 is 24.4 Å². The van der Waals surface area contributed by atoms with E-state index in [2.05, 4.69) is 38.6 Å². The highest BCUT2D eigenvalue weighted by atomic mass is 32.2. The summed E-state index contributed by atoms with van der Waals surface area (Å²) >= 11 is 0. The number of furan rings is 1. The fourth-order valence-corrected chi connectivity index (χ4v) is 4.64. The molecule has 7 heteroatoms. The highest BCUT2D eigenvalue weighted by molar-refractivity contribution is 7.89. The van der Waals surface area contributed by atoms with Crippen LogP contribution in [0.4, 0.5) is 0 Å². The zero-order chi connectivity index (χ0) is 20.5. The molecule has 150 valence electrons. The van der Waals surface area contributed by atoms with Gasteiger partial charge in [0.05, 0.1) is 4.90 Å². The maximum absolute atomic E-state index is 12.7. The van der Waals surface area contributed by atoms with Crippen molar-refractivity contribution in [3.63, 3.8) is 0 Å². The van der Waals surface area contributed by atoms with Crippen LogP contribution in [0.5, 0.6) is 0 Å². The van der Waals surface area contributed by atoms with Gasteiger partial charge in [-0.2, -0.15) is 0 Å². The largest absolute Gasteiger partial charge is 0.464 e. The summed E-state index contributed by atoms with van der Waals surface area (Å²) in [7, 11) is -5.74. The molecule has 0 radical (unpaired) electrons. The number of rotatable bonds is 7. The van der Waals surface area contributed by atoms with Gasteiger partial charge in [-0.25, -0.2) is 13.1 Å². The van der Waals surface area contributed by atoms with Crippen molar-refractivity contribution < 1.29 is 17.3 Å². The van der Waals surface area contributed by atoms with Crippen LogP contribution in [0.2, 0.25) is 18.1 Å². The molecule has 2 rings (SSSR count). The molecule has 1 aromatic heterocycles. The molecule has 0 fully saturated rings. The van der Waals surface area contributed by atoms with Gasteiger partial charge in [0.15, 0.2) is 8.32 Å². The number of aryl methyl sites for hydroxylation is 2. The molecule has 1 heterocycles. The Bertz CT molecular complexity index is 864. The minimum absolute atomic E-state index is 0.00270. The second kappa shape index (κ2) is 7.91. The summed E-state index contributed by atoms with van der Waals surface area (Å²) in [6.07, 6.45) is -0.472. The van der Waals surface area contributed by atoms with Crippen molar-refractivity contribution in [3.8, 4) is 0 Å². The van der Waals surface area contributed by atoms with Gasteiger partial charge in [0.1, 0.15) is 17.6 Å². The van der Waals surface area contributed by atoms with Crippen molar-refractivity contribution in [2.75, 3.05) is 6.54 Å². The van der Waals surface area contributed by atoms with E-state index in [0.717, 1.165) is 11.3 Å². The van der Waals surface area contributed by atoms with Crippen LogP contribution in [0.25, 0.3) is 0 Å². The summed E-state index contributed by atoms with van der Waals surface area (Å²) in [6.45, 7) is 14.7. The molecule has 0 aliphatic heterocycles. The van der Waals surface area contributed by atoms with E-state index in [-0.39, 0.29) is 16.5 Å². The molecule has 0 amide bonds. The Labute approximate surface area is 164 Å². The van der Waals surface area contributed by atoms with Crippen molar-refractivity contribution in [2.45, 2.75) is 63.8 Å². The lowest BCUT2D eigenvalue weighted by Gasteiger charge is -2.38. The van der Waals surface area contributed by atoms with E-state index in [9.17, 15) is 8.42 Å². The Morgan fingerprint density at radius 2 is 1.67 bits per heavy atom. The van der Waals surface area contributed by atoms with Gasteiger partial charge in [0.2, 0.25) is 10.0 Å². The molecule has 2 aromatic rings. The first-order valence-corrected chi connectivity index (χ1v) is 13.5. The van der Waals surface area contributed by atoms with E-state index in [0.29, 0.717) is 5.76 Å². The van der Waals surface area contributed by atoms with Crippen LogP contribution in [0.15, 0.2) is 45.7 Å². The Morgan fingerprint density at radius 1 is 1.07 bits per heavy atom. The van der Waals surface area contributed by atoms with Crippen LogP contribution in [0.1, 0.15) is 44.0 Å². The summed E-state index contributed by atoms with van der Waals surface area (Å²) in [6, 6.07) is 10.5. The minimum Gasteiger partial charge on any atom is -0.464 e. The summed E-state index contributed by atoms with van der Waals surface area (Å²) in [5.41, 5.74) is 1.01. The van der Waals surface area contributed by atoms with Gasteiger partial charge in [-0.05, 0) is 56.2 Å². The summed E-state index contributed by atoms with van der Waals surface area (Å²) < 4.78 is 40.2. The van der Waals surface area contributed by atoms with Gasteiger partial charge >= 0.3 is 0 Å². The van der Waals surface area contributed by atoms with Gasteiger partial charge in [0, 0.05) is 6.54 Å². The Balaban J connectivity index is 2.23. The average molecular weight is 410 g/mol. The third-order valence-corrected chi connectivity index (χ3v) is 11.0. The third kappa shape index (κ3) is 5.54. The Morgan fingerprint density at radius 3 is 2.15 bits per heavy atom. The van der Waals surface area contributed by atoms with Crippen molar-refractivity contribution >= 4 is 18.3 Å². The molecule has 0 saturated heterocycles. The predicted octanol–water partition coefficient (Wildman–Crippen LogP) is 4.94. The summed E-state index contributed by atoms with van der Waals surface area (Å²) in [4.78, 5) is 0.245. The minimum atomic E-state index is -3.62. The number of hydrogen-bond acceptors (Lipinski definition) is 4. The fourth-order valence-electron chi connectivity index (χ4n) is 2.35. The predicted molar refractivity (Wildman–Crippen MR) is 111 cm³/mol. The average Bonchev–Trinajstić information content (AvgIpc) is 2.97. The smallest absolute Gasteiger partial charge is 0.240 e. The SMILES string of the molecule is Cc1ccc(S(=O)(=O)NC[C@H](O[Si](C)(C)C(C)(C)C)c2ccc(C)o2)cc1. The first kappa shape index (κ1) is 21.9. The molecule has 0 aliphatic carbocycles. The molecule has 0 saturated carbocycles. The Kier molecular flexibility index (Phi) is 6.41. The van der Waals surface area contributed by atoms with Crippen molar-refractivity contribution in [3.05, 3.63) is 53.5 Å². The number of benzene rings is 1. The molecule has 27 heavy (non-hydrogen) atoms. The van der Waals surface area contributed by atoms with Crippen LogP contribution < -0.4 is 4.72 Å². The molecule has 0 unspecified atom stereocenters. The normalized spacial score (nSPS) is 14.3. The number of nitrogens with one attached hydrogen (secondary N) is 1. The van der Waals surface area contributed by atoms with Crippen molar-refractivity contribution in [1.82, 2.24) is 4.72 Å². The number of sulfonamides is 1. The van der Waals surface area contributed by atoms with E-state index >= 15 is 0 Å². The summed E-state index contributed by atoms with van der Waals surface area (Å²) in [5.74, 6) is 1.42. The van der Waals surface area contributed by atoms with Crippen LogP contribution in [0.3, 0.4) is 0 Å². The van der Waals surface area contributed by atoms with E-state index in [4.69, 9.17) is 8.84 Å². The first-order valence-electron chi connectivity index (χ1n) is 9.12. The van der Waals surface area contributed by atoms with Crippen LogP contribution >= 0.6 is 0 Å². The molecule has 5 nitrogen and oxygen atoms in total. The third-order valence-electron chi connectivity index (χ3n) is 5.11. The van der Waals surface area contributed by atoms with Crippen LogP contribution in [0, 0.1) is 13.8 Å². The van der Waals surface area contributed by atoms with Gasteiger partial charge in [-0.3, -0.25) is 0 Å². The van der Waals surface area contributed by atoms with Gasteiger partial charge in [0.25, 0.3) is 0 Å². The number of hydrogen-bond donors (Lipinski definition) is 1. The van der Waals surface area contributed by atoms with Crippen LogP contribution in [-0.2, 0) is 14.4 Å². The molecule has 1 atom stereocenters. The van der Waals surface area contributed by atoms with Crippen molar-refractivity contribution in [1.29, 1.82) is 0 Å². The Hall–Kier alpha value is -1.41. The lowest BCUT2D eigenvalue weighted by atomic mass is 10.2. The van der Waals surface area contributed by atoms with Gasteiger partial charge in [-0.15, -0.1) is 0 Å². The van der Waals surface area contributed by atoms with Crippen molar-refractivity contribution in [2.24, 2.45) is 0 Å². The lowest BCUT2D eigenvalue weighted by molar-refractivity contribution is 0.159. The van der Waals surface area contributed by atoms with Gasteiger partial charge in [-0.1, -0.05) is 38.5 Å². The maximum Gasteiger partial charge on any atom is 0.240 e. The second-order valence-electron chi connectivity index (χ2n) is 8.48. The summed E-state index contributed by atoms with van der Waals surface area (Å²) in [5, 5.41) is 0.00270. The lowest BCUT2D eigenvalue weighted by Crippen LogP contribution is -2.44. The standard InChI is InChI=1S/C20H31NO4SSi/c1-15-8-11-17(12-9-15)26(22,23)21-14-19(18-13-10-16(2)24-18)25-27(6,7)20(3,4)5/h8-13,19,21H,14H2,1-7H3/t19-/m0/s1.